The van der Waals surface area contributed by atoms with Crippen LogP contribution in [0.1, 0.15) is 25.1 Å². The van der Waals surface area contributed by atoms with Gasteiger partial charge in [0.1, 0.15) is 0 Å². The Morgan fingerprint density at radius 2 is 1.94 bits per heavy atom. The van der Waals surface area contributed by atoms with Crippen molar-refractivity contribution in [2.24, 2.45) is 0 Å². The Hall–Kier alpha value is -1.61. The lowest BCUT2D eigenvalue weighted by Gasteiger charge is -1.98. The summed E-state index contributed by atoms with van der Waals surface area (Å²) in [4.78, 5) is 0. The zero-order valence-electron chi connectivity index (χ0n) is 10.5. The van der Waals surface area contributed by atoms with E-state index in [-0.39, 0.29) is 0 Å². The summed E-state index contributed by atoms with van der Waals surface area (Å²) < 4.78 is 0. The molecular formula is C14H19N3. The van der Waals surface area contributed by atoms with E-state index in [9.17, 15) is 0 Å². The topological polar surface area (TPSA) is 40.7 Å². The van der Waals surface area contributed by atoms with Crippen molar-refractivity contribution in [1.82, 2.24) is 15.5 Å². The first-order chi connectivity index (χ1) is 8.33. The van der Waals surface area contributed by atoms with Crippen LogP contribution in [0, 0.1) is 0 Å². The van der Waals surface area contributed by atoms with Gasteiger partial charge in [0.25, 0.3) is 0 Å². The Bertz CT molecular complexity index is 457. The average molecular weight is 229 g/mol. The highest BCUT2D eigenvalue weighted by Crippen LogP contribution is 2.18. The molecule has 90 valence electrons. The van der Waals surface area contributed by atoms with Crippen LogP contribution in [0.4, 0.5) is 0 Å². The fraction of sp³-hybridized carbons (Fsp3) is 0.357. The second-order valence-electron chi connectivity index (χ2n) is 4.11. The van der Waals surface area contributed by atoms with Crippen molar-refractivity contribution in [3.8, 4) is 11.3 Å². The highest BCUT2D eigenvalue weighted by atomic mass is 15.1. The van der Waals surface area contributed by atoms with Crippen molar-refractivity contribution >= 4 is 0 Å². The molecule has 1 aromatic carbocycles. The average Bonchev–Trinajstić information content (AvgIpc) is 2.85. The van der Waals surface area contributed by atoms with E-state index in [2.05, 4.69) is 59.7 Å². The highest BCUT2D eigenvalue weighted by molar-refractivity contribution is 5.59. The van der Waals surface area contributed by atoms with Crippen molar-refractivity contribution in [3.05, 3.63) is 41.6 Å². The van der Waals surface area contributed by atoms with Crippen molar-refractivity contribution < 1.29 is 0 Å². The number of aryl methyl sites for hydroxylation is 1. The minimum atomic E-state index is 0.844. The van der Waals surface area contributed by atoms with Gasteiger partial charge in [0.05, 0.1) is 5.69 Å². The largest absolute Gasteiger partial charge is 0.311 e. The summed E-state index contributed by atoms with van der Waals surface area (Å²) in [6, 6.07) is 10.7. The second-order valence-corrected chi connectivity index (χ2v) is 4.11. The summed E-state index contributed by atoms with van der Waals surface area (Å²) in [5, 5.41) is 10.7. The zero-order valence-corrected chi connectivity index (χ0v) is 10.5. The number of aromatic nitrogens is 2. The molecule has 0 atom stereocenters. The molecule has 0 fully saturated rings. The molecule has 0 radical (unpaired) electrons. The van der Waals surface area contributed by atoms with Crippen molar-refractivity contribution in [2.45, 2.75) is 26.8 Å². The van der Waals surface area contributed by atoms with Crippen molar-refractivity contribution in [1.29, 1.82) is 0 Å². The van der Waals surface area contributed by atoms with Crippen molar-refractivity contribution in [2.75, 3.05) is 6.54 Å². The third-order valence-corrected chi connectivity index (χ3v) is 2.85. The maximum Gasteiger partial charge on any atom is 0.0924 e. The summed E-state index contributed by atoms with van der Waals surface area (Å²) >= 11 is 0. The summed E-state index contributed by atoms with van der Waals surface area (Å²) in [5.41, 5.74) is 4.67. The van der Waals surface area contributed by atoms with Gasteiger partial charge in [-0.05, 0) is 24.6 Å². The normalized spacial score (nSPS) is 10.7. The Kier molecular flexibility index (Phi) is 3.94. The number of hydrogen-bond acceptors (Lipinski definition) is 2. The van der Waals surface area contributed by atoms with Gasteiger partial charge >= 0.3 is 0 Å². The Balaban J connectivity index is 2.12. The SMILES string of the molecule is CCNCc1cc(-c2ccc(CC)cc2)n[nH]1. The quantitative estimate of drug-likeness (QED) is 0.827. The van der Waals surface area contributed by atoms with Gasteiger partial charge in [-0.25, -0.2) is 0 Å². The summed E-state index contributed by atoms with van der Waals surface area (Å²) in [5.74, 6) is 0. The molecule has 2 aromatic rings. The number of aromatic amines is 1. The standard InChI is InChI=1S/C14H19N3/c1-3-11-5-7-12(8-6-11)14-9-13(16-17-14)10-15-4-2/h5-9,15H,3-4,10H2,1-2H3,(H,16,17). The van der Waals surface area contributed by atoms with Gasteiger partial charge < -0.3 is 5.32 Å². The van der Waals surface area contributed by atoms with Crippen LogP contribution in [0.3, 0.4) is 0 Å². The van der Waals surface area contributed by atoms with Crippen molar-refractivity contribution in [3.63, 3.8) is 0 Å². The van der Waals surface area contributed by atoms with Gasteiger partial charge in [0, 0.05) is 17.8 Å². The monoisotopic (exact) mass is 229 g/mol. The second kappa shape index (κ2) is 5.64. The lowest BCUT2D eigenvalue weighted by molar-refractivity contribution is 0.707. The minimum Gasteiger partial charge on any atom is -0.311 e. The van der Waals surface area contributed by atoms with Gasteiger partial charge in [0.15, 0.2) is 0 Å². The molecule has 1 aromatic heterocycles. The number of rotatable bonds is 5. The molecule has 0 aliphatic heterocycles. The Labute approximate surface area is 102 Å². The highest BCUT2D eigenvalue weighted by Gasteiger charge is 2.03. The van der Waals surface area contributed by atoms with Gasteiger partial charge in [-0.15, -0.1) is 0 Å². The van der Waals surface area contributed by atoms with Crippen LogP contribution in [-0.2, 0) is 13.0 Å². The predicted molar refractivity (Wildman–Crippen MR) is 70.8 cm³/mol. The summed E-state index contributed by atoms with van der Waals surface area (Å²) in [7, 11) is 0. The maximum absolute atomic E-state index is 4.33. The van der Waals surface area contributed by atoms with E-state index in [0.717, 1.165) is 30.9 Å². The van der Waals surface area contributed by atoms with Crippen LogP contribution in [0.2, 0.25) is 0 Å². The van der Waals surface area contributed by atoms with Crippen LogP contribution in [0.25, 0.3) is 11.3 Å². The number of nitrogens with one attached hydrogen (secondary N) is 2. The fourth-order valence-electron chi connectivity index (χ4n) is 1.77. The van der Waals surface area contributed by atoms with Gasteiger partial charge in [-0.2, -0.15) is 5.10 Å². The van der Waals surface area contributed by atoms with Crippen LogP contribution >= 0.6 is 0 Å². The van der Waals surface area contributed by atoms with Gasteiger partial charge in [-0.3, -0.25) is 5.10 Å². The Morgan fingerprint density at radius 1 is 1.18 bits per heavy atom. The van der Waals surface area contributed by atoms with Crippen LogP contribution < -0.4 is 5.32 Å². The lowest BCUT2D eigenvalue weighted by Crippen LogP contribution is -2.11. The third-order valence-electron chi connectivity index (χ3n) is 2.85. The molecular weight excluding hydrogens is 210 g/mol. The molecule has 0 bridgehead atoms. The summed E-state index contributed by atoms with van der Waals surface area (Å²) in [6.45, 7) is 6.08. The molecule has 2 N–H and O–H groups in total. The first kappa shape index (κ1) is 11.9. The lowest BCUT2D eigenvalue weighted by atomic mass is 10.1. The van der Waals surface area contributed by atoms with E-state index in [0.29, 0.717) is 0 Å². The third kappa shape index (κ3) is 2.94. The van der Waals surface area contributed by atoms with E-state index in [1.165, 1.54) is 11.1 Å². The van der Waals surface area contributed by atoms with E-state index in [1.807, 2.05) is 0 Å². The maximum atomic E-state index is 4.33. The predicted octanol–water partition coefficient (Wildman–Crippen LogP) is 2.75. The molecule has 0 amide bonds. The van der Waals surface area contributed by atoms with E-state index in [1.54, 1.807) is 0 Å². The summed E-state index contributed by atoms with van der Waals surface area (Å²) in [6.07, 6.45) is 1.08. The van der Waals surface area contributed by atoms with E-state index in [4.69, 9.17) is 0 Å². The Morgan fingerprint density at radius 3 is 2.59 bits per heavy atom. The number of hydrogen-bond donors (Lipinski definition) is 2. The molecule has 0 unspecified atom stereocenters. The molecule has 0 saturated heterocycles. The molecule has 17 heavy (non-hydrogen) atoms. The van der Waals surface area contributed by atoms with Crippen LogP contribution in [0.5, 0.6) is 0 Å². The number of H-pyrrole nitrogens is 1. The van der Waals surface area contributed by atoms with Crippen LogP contribution in [0.15, 0.2) is 30.3 Å². The minimum absolute atomic E-state index is 0.844. The van der Waals surface area contributed by atoms with Crippen LogP contribution in [-0.4, -0.2) is 16.7 Å². The van der Waals surface area contributed by atoms with E-state index < -0.39 is 0 Å². The molecule has 2 rings (SSSR count). The molecule has 0 aliphatic carbocycles. The smallest absolute Gasteiger partial charge is 0.0924 e. The fourth-order valence-corrected chi connectivity index (χ4v) is 1.77. The number of benzene rings is 1. The molecule has 0 aliphatic rings. The molecule has 0 spiro atoms. The molecule has 3 heteroatoms. The molecule has 0 saturated carbocycles. The first-order valence-corrected chi connectivity index (χ1v) is 6.17. The molecule has 1 heterocycles. The molecule has 3 nitrogen and oxygen atoms in total. The van der Waals surface area contributed by atoms with E-state index >= 15 is 0 Å². The number of nitrogens with zero attached hydrogens (tertiary/aromatic N) is 1. The van der Waals surface area contributed by atoms with Gasteiger partial charge in [-0.1, -0.05) is 38.1 Å². The first-order valence-electron chi connectivity index (χ1n) is 6.17. The van der Waals surface area contributed by atoms with Gasteiger partial charge in [0.2, 0.25) is 0 Å². The zero-order chi connectivity index (χ0) is 12.1.